The molecule has 0 atom stereocenters. The van der Waals surface area contributed by atoms with Crippen LogP contribution in [0.1, 0.15) is 27.7 Å². The van der Waals surface area contributed by atoms with E-state index >= 15 is 0 Å². The SMILES string of the molecule is C[CH]NCC(C)(C)C. The molecule has 0 aromatic rings. The van der Waals surface area contributed by atoms with Gasteiger partial charge in [-0.25, -0.2) is 0 Å². The second kappa shape index (κ2) is 3.08. The molecule has 0 saturated carbocycles. The van der Waals surface area contributed by atoms with Gasteiger partial charge in [0.15, 0.2) is 0 Å². The molecule has 0 rings (SSSR count). The fourth-order valence-electron chi connectivity index (χ4n) is 0.408. The quantitative estimate of drug-likeness (QED) is 0.577. The minimum absolute atomic E-state index is 0.409. The molecule has 49 valence electrons. The third-order valence-corrected chi connectivity index (χ3v) is 0.837. The third-order valence-electron chi connectivity index (χ3n) is 0.837. The first-order valence-electron chi connectivity index (χ1n) is 3.07. The van der Waals surface area contributed by atoms with E-state index in [1.54, 1.807) is 0 Å². The van der Waals surface area contributed by atoms with Gasteiger partial charge in [-0.05, 0) is 12.3 Å². The van der Waals surface area contributed by atoms with Crippen LogP contribution in [0.5, 0.6) is 0 Å². The summed E-state index contributed by atoms with van der Waals surface area (Å²) in [6.07, 6.45) is 0. The van der Waals surface area contributed by atoms with Crippen molar-refractivity contribution >= 4 is 0 Å². The highest BCUT2D eigenvalue weighted by molar-refractivity contribution is 4.66. The van der Waals surface area contributed by atoms with E-state index in [1.807, 2.05) is 13.5 Å². The Morgan fingerprint density at radius 3 is 2.00 bits per heavy atom. The van der Waals surface area contributed by atoms with Gasteiger partial charge in [0.25, 0.3) is 0 Å². The van der Waals surface area contributed by atoms with Crippen LogP contribution in [0.3, 0.4) is 0 Å². The first-order valence-corrected chi connectivity index (χ1v) is 3.07. The molecule has 1 N–H and O–H groups in total. The monoisotopic (exact) mass is 114 g/mol. The summed E-state index contributed by atoms with van der Waals surface area (Å²) in [5, 5.41) is 3.16. The van der Waals surface area contributed by atoms with Crippen molar-refractivity contribution in [1.82, 2.24) is 5.32 Å². The molecule has 0 fully saturated rings. The van der Waals surface area contributed by atoms with E-state index in [9.17, 15) is 0 Å². The highest BCUT2D eigenvalue weighted by Crippen LogP contribution is 2.09. The smallest absolute Gasteiger partial charge is 0.0190 e. The van der Waals surface area contributed by atoms with E-state index in [1.165, 1.54) is 0 Å². The van der Waals surface area contributed by atoms with Crippen LogP contribution >= 0.6 is 0 Å². The highest BCUT2D eigenvalue weighted by atomic mass is 14.9. The van der Waals surface area contributed by atoms with Crippen LogP contribution in [0.2, 0.25) is 0 Å². The predicted octanol–water partition coefficient (Wildman–Crippen LogP) is 1.80. The normalized spacial score (nSPS) is 12.0. The number of nitrogens with one attached hydrogen (secondary N) is 1. The topological polar surface area (TPSA) is 12.0 Å². The fourth-order valence-corrected chi connectivity index (χ4v) is 0.408. The molecule has 0 spiro atoms. The highest BCUT2D eigenvalue weighted by Gasteiger charge is 2.07. The predicted molar refractivity (Wildman–Crippen MR) is 37.4 cm³/mol. The van der Waals surface area contributed by atoms with Gasteiger partial charge >= 0.3 is 0 Å². The second-order valence-corrected chi connectivity index (χ2v) is 3.23. The standard InChI is InChI=1S/C7H16N/c1-5-8-6-7(2,3)4/h5,8H,6H2,1-4H3. The van der Waals surface area contributed by atoms with Crippen molar-refractivity contribution < 1.29 is 0 Å². The van der Waals surface area contributed by atoms with Crippen LogP contribution < -0.4 is 5.32 Å². The van der Waals surface area contributed by atoms with Crippen LogP contribution in [0.25, 0.3) is 0 Å². The fraction of sp³-hybridized carbons (Fsp3) is 0.857. The van der Waals surface area contributed by atoms with E-state index in [-0.39, 0.29) is 0 Å². The Hall–Kier alpha value is -0.0400. The Morgan fingerprint density at radius 2 is 1.88 bits per heavy atom. The first-order chi connectivity index (χ1) is 3.56. The maximum Gasteiger partial charge on any atom is 0.0190 e. The second-order valence-electron chi connectivity index (χ2n) is 3.23. The Kier molecular flexibility index (Phi) is 3.06. The van der Waals surface area contributed by atoms with Crippen LogP contribution in [0, 0.1) is 12.0 Å². The van der Waals surface area contributed by atoms with Crippen molar-refractivity contribution in [2.45, 2.75) is 27.7 Å². The molecule has 0 unspecified atom stereocenters. The lowest BCUT2D eigenvalue weighted by Gasteiger charge is -2.17. The number of hydrogen-bond acceptors (Lipinski definition) is 1. The summed E-state index contributed by atoms with van der Waals surface area (Å²) in [7, 11) is 0. The zero-order chi connectivity index (χ0) is 6.62. The molecule has 8 heavy (non-hydrogen) atoms. The van der Waals surface area contributed by atoms with Gasteiger partial charge in [-0.15, -0.1) is 0 Å². The minimum atomic E-state index is 0.409. The molecule has 0 heterocycles. The van der Waals surface area contributed by atoms with E-state index in [4.69, 9.17) is 0 Å². The molecule has 0 aromatic carbocycles. The molecular formula is C7H16N. The van der Waals surface area contributed by atoms with E-state index < -0.39 is 0 Å². The molecule has 1 nitrogen and oxygen atoms in total. The van der Waals surface area contributed by atoms with Gasteiger partial charge in [-0.1, -0.05) is 20.8 Å². The molecule has 0 bridgehead atoms. The van der Waals surface area contributed by atoms with Crippen LogP contribution in [-0.4, -0.2) is 6.54 Å². The summed E-state index contributed by atoms with van der Waals surface area (Å²) in [4.78, 5) is 0. The summed E-state index contributed by atoms with van der Waals surface area (Å²) in [5.41, 5.74) is 0.409. The van der Waals surface area contributed by atoms with Crippen molar-refractivity contribution in [2.75, 3.05) is 6.54 Å². The largest absolute Gasteiger partial charge is 0.312 e. The maximum atomic E-state index is 3.16. The molecule has 1 radical (unpaired) electrons. The molecule has 0 saturated heterocycles. The van der Waals surface area contributed by atoms with E-state index in [0.717, 1.165) is 6.54 Å². The summed E-state index contributed by atoms with van der Waals surface area (Å²) in [5.74, 6) is 0. The summed E-state index contributed by atoms with van der Waals surface area (Å²) in [6, 6.07) is 0. The molecule has 0 aromatic heterocycles. The summed E-state index contributed by atoms with van der Waals surface area (Å²) < 4.78 is 0. The van der Waals surface area contributed by atoms with Crippen LogP contribution in [0.4, 0.5) is 0 Å². The maximum absolute atomic E-state index is 3.16. The zero-order valence-corrected chi connectivity index (χ0v) is 6.28. The van der Waals surface area contributed by atoms with Crippen molar-refractivity contribution in [3.63, 3.8) is 0 Å². The first kappa shape index (κ1) is 7.96. The van der Waals surface area contributed by atoms with Gasteiger partial charge in [0.1, 0.15) is 0 Å². The molecule has 0 amide bonds. The van der Waals surface area contributed by atoms with Gasteiger partial charge in [0.05, 0.1) is 0 Å². The number of rotatable bonds is 2. The molecule has 1 heteroatoms. The summed E-state index contributed by atoms with van der Waals surface area (Å²) >= 11 is 0. The van der Waals surface area contributed by atoms with Crippen LogP contribution in [-0.2, 0) is 0 Å². The van der Waals surface area contributed by atoms with Gasteiger partial charge in [-0.2, -0.15) is 0 Å². The Labute approximate surface area is 52.5 Å². The Bertz CT molecular complexity index is 51.9. The van der Waals surface area contributed by atoms with Gasteiger partial charge in [-0.3, -0.25) is 0 Å². The van der Waals surface area contributed by atoms with Crippen molar-refractivity contribution in [2.24, 2.45) is 5.41 Å². The van der Waals surface area contributed by atoms with E-state index in [0.29, 0.717) is 5.41 Å². The third kappa shape index (κ3) is 5.96. The zero-order valence-electron chi connectivity index (χ0n) is 6.28. The molecule has 0 aliphatic rings. The van der Waals surface area contributed by atoms with Crippen molar-refractivity contribution in [3.8, 4) is 0 Å². The van der Waals surface area contributed by atoms with Crippen molar-refractivity contribution in [1.29, 1.82) is 0 Å². The Balaban J connectivity index is 3.11. The van der Waals surface area contributed by atoms with E-state index in [2.05, 4.69) is 26.1 Å². The van der Waals surface area contributed by atoms with Gasteiger partial charge in [0, 0.05) is 13.1 Å². The minimum Gasteiger partial charge on any atom is -0.312 e. The van der Waals surface area contributed by atoms with Gasteiger partial charge in [0.2, 0.25) is 0 Å². The molecule has 0 aliphatic carbocycles. The van der Waals surface area contributed by atoms with Gasteiger partial charge < -0.3 is 5.32 Å². The molecule has 0 aliphatic heterocycles. The average molecular weight is 114 g/mol. The summed E-state index contributed by atoms with van der Waals surface area (Å²) in [6.45, 7) is 11.7. The Morgan fingerprint density at radius 1 is 1.38 bits per heavy atom. The lowest BCUT2D eigenvalue weighted by molar-refractivity contribution is 0.395. The lowest BCUT2D eigenvalue weighted by Crippen LogP contribution is -2.23. The van der Waals surface area contributed by atoms with Crippen molar-refractivity contribution in [3.05, 3.63) is 6.54 Å². The molecular weight excluding hydrogens is 98.1 g/mol. The average Bonchev–Trinajstić information content (AvgIpc) is 1.59. The lowest BCUT2D eigenvalue weighted by atomic mass is 9.97. The van der Waals surface area contributed by atoms with Crippen LogP contribution in [0.15, 0.2) is 0 Å². The number of hydrogen-bond donors (Lipinski definition) is 1.